The minimum Gasteiger partial charge on any atom is -0.320 e. The minimum absolute atomic E-state index is 0.452. The lowest BCUT2D eigenvalue weighted by molar-refractivity contribution is -0.138. The predicted molar refractivity (Wildman–Crippen MR) is 179 cm³/mol. The molecule has 6 unspecified atom stereocenters. The van der Waals surface area contributed by atoms with Gasteiger partial charge in [-0.25, -0.2) is 0 Å². The fraction of sp³-hybridized carbons (Fsp3) is 0.973. The van der Waals surface area contributed by atoms with E-state index in [0.717, 1.165) is 53.8 Å². The van der Waals surface area contributed by atoms with Crippen molar-refractivity contribution in [3.63, 3.8) is 0 Å². The maximum Gasteiger partial charge on any atom is 0.216 e. The molecule has 5 fully saturated rings. The Labute approximate surface area is 259 Å². The number of carbonyl (C=O) groups excluding carboxylic acids is 1. The van der Waals surface area contributed by atoms with Crippen molar-refractivity contribution in [3.05, 3.63) is 0 Å². The molecule has 0 aromatic rings. The van der Waals surface area contributed by atoms with Gasteiger partial charge in [-0.15, -0.1) is 0 Å². The Morgan fingerprint density at radius 2 is 1.61 bits per heavy atom. The molecule has 2 N–H and O–H groups in total. The molecule has 3 nitrogen and oxygen atoms in total. The molecule has 5 aliphatic rings. The van der Waals surface area contributed by atoms with Crippen molar-refractivity contribution >= 4 is 18.4 Å². The second-order valence-corrected chi connectivity index (χ2v) is 18.1. The van der Waals surface area contributed by atoms with Gasteiger partial charge < -0.3 is 10.0 Å². The van der Waals surface area contributed by atoms with Gasteiger partial charge in [0.15, 0.2) is 0 Å². The summed E-state index contributed by atoms with van der Waals surface area (Å²) in [5.41, 5.74) is 1.78. The molecule has 5 aliphatic carbocycles. The first kappa shape index (κ1) is 33.7. The summed E-state index contributed by atoms with van der Waals surface area (Å²) in [6.45, 7) is 18.7. The molecule has 0 radical (unpaired) electrons. The maximum absolute atomic E-state index is 10.1. The van der Waals surface area contributed by atoms with Gasteiger partial charge >= 0.3 is 0 Å². The van der Waals surface area contributed by atoms with Crippen molar-refractivity contribution < 1.29 is 4.79 Å². The highest BCUT2D eigenvalue weighted by Crippen LogP contribution is 2.69. The number of hydrogen-bond donors (Lipinski definition) is 2. The highest BCUT2D eigenvalue weighted by molar-refractivity contribution is 7.98. The van der Waals surface area contributed by atoms with E-state index >= 15 is 0 Å². The Kier molecular flexibility index (Phi) is 11.7. The molecule has 0 heterocycles. The summed E-state index contributed by atoms with van der Waals surface area (Å²) in [7, 11) is 2.12. The molecule has 0 spiro atoms. The zero-order chi connectivity index (χ0) is 29.8. The Hall–Kier alpha value is -0.220. The van der Waals surface area contributed by atoms with E-state index in [-0.39, 0.29) is 0 Å². The van der Waals surface area contributed by atoms with E-state index in [9.17, 15) is 4.79 Å². The summed E-state index contributed by atoms with van der Waals surface area (Å²) >= 11 is 1.59. The fourth-order valence-electron chi connectivity index (χ4n) is 11.7. The summed E-state index contributed by atoms with van der Waals surface area (Å²) in [6.07, 6.45) is 22.5. The van der Waals surface area contributed by atoms with Crippen molar-refractivity contribution in [2.45, 2.75) is 150 Å². The molecule has 5 saturated carbocycles. The molecular formula is C37H68N2OS. The molecule has 9 atom stereocenters. The van der Waals surface area contributed by atoms with Gasteiger partial charge in [0.1, 0.15) is 0 Å². The molecule has 0 aliphatic heterocycles. The Morgan fingerprint density at radius 3 is 2.24 bits per heavy atom. The van der Waals surface area contributed by atoms with Gasteiger partial charge in [0, 0.05) is 5.25 Å². The van der Waals surface area contributed by atoms with Crippen LogP contribution in [0.2, 0.25) is 0 Å². The lowest BCUT2D eigenvalue weighted by atomic mass is 9.42. The largest absolute Gasteiger partial charge is 0.320 e. The summed E-state index contributed by atoms with van der Waals surface area (Å²) in [6, 6.07) is 0. The average molecular weight is 589 g/mol. The SMILES string of the molecule is CC(C)(C)C1CCC(SNC=O)CC1.CC[C@H]1CC2C3CCC([C@H](C)CCNC)C3(C)CC[C@@H]2C2(C)CCCCC12. The second-order valence-electron chi connectivity index (χ2n) is 16.9. The van der Waals surface area contributed by atoms with Crippen LogP contribution in [0.25, 0.3) is 0 Å². The quantitative estimate of drug-likeness (QED) is 0.219. The van der Waals surface area contributed by atoms with Crippen molar-refractivity contribution in [3.8, 4) is 0 Å². The molecule has 5 rings (SSSR count). The number of carbonyl (C=O) groups is 1. The lowest BCUT2D eigenvalue weighted by Crippen LogP contribution is -2.55. The van der Waals surface area contributed by atoms with Gasteiger partial charge in [-0.05, 0) is 166 Å². The molecule has 0 saturated heterocycles. The van der Waals surface area contributed by atoms with Crippen molar-refractivity contribution in [2.24, 2.45) is 63.6 Å². The fourth-order valence-corrected chi connectivity index (χ4v) is 12.5. The van der Waals surface area contributed by atoms with E-state index in [1.165, 1.54) is 70.8 Å². The average Bonchev–Trinajstić information content (AvgIpc) is 3.31. The van der Waals surface area contributed by atoms with Crippen molar-refractivity contribution in [2.75, 3.05) is 13.6 Å². The van der Waals surface area contributed by atoms with Crippen LogP contribution in [0.1, 0.15) is 145 Å². The molecule has 0 aromatic carbocycles. The third-order valence-electron chi connectivity index (χ3n) is 14.1. The van der Waals surface area contributed by atoms with Crippen LogP contribution in [-0.4, -0.2) is 25.3 Å². The van der Waals surface area contributed by atoms with Crippen LogP contribution in [0, 0.1) is 63.6 Å². The molecule has 41 heavy (non-hydrogen) atoms. The van der Waals surface area contributed by atoms with E-state index in [1.54, 1.807) is 44.1 Å². The first-order valence-electron chi connectivity index (χ1n) is 18.0. The highest BCUT2D eigenvalue weighted by Gasteiger charge is 2.61. The van der Waals surface area contributed by atoms with Crippen LogP contribution < -0.4 is 10.0 Å². The zero-order valence-corrected chi connectivity index (χ0v) is 29.2. The molecular weight excluding hydrogens is 520 g/mol. The summed E-state index contributed by atoms with van der Waals surface area (Å²) in [4.78, 5) is 10.1. The maximum atomic E-state index is 10.1. The second kappa shape index (κ2) is 14.3. The molecule has 238 valence electrons. The Balaban J connectivity index is 0.000000234. The van der Waals surface area contributed by atoms with Gasteiger partial charge in [0.25, 0.3) is 0 Å². The number of fused-ring (bicyclic) bond motifs is 5. The van der Waals surface area contributed by atoms with Crippen LogP contribution in [-0.2, 0) is 4.79 Å². The van der Waals surface area contributed by atoms with E-state index in [1.807, 2.05) is 0 Å². The van der Waals surface area contributed by atoms with Gasteiger partial charge in [-0.2, -0.15) is 0 Å². The normalized spacial score (nSPS) is 43.0. The smallest absolute Gasteiger partial charge is 0.216 e. The summed E-state index contributed by atoms with van der Waals surface area (Å²) < 4.78 is 2.71. The highest BCUT2D eigenvalue weighted by atomic mass is 32.2. The minimum atomic E-state index is 0.452. The number of amides is 1. The van der Waals surface area contributed by atoms with Crippen LogP contribution >= 0.6 is 11.9 Å². The standard InChI is InChI=1S/C26H47N.C11H21NOS/c1-6-19-17-20-23-11-10-21(18(2)13-16-27-5)26(23,4)15-12-24(20)25(3)14-8-7-9-22(19)25;1-11(2,3)9-4-6-10(7-5-9)14-12-8-13/h18-24,27H,6-17H2,1-5H3;8-10H,4-7H2,1-3H3,(H,12,13)/t18-,19+,20?,21?,22?,23?,24+,25?,26?;/m1./s1. The number of nitrogens with one attached hydrogen (secondary N) is 2. The van der Waals surface area contributed by atoms with Gasteiger partial charge in [0.2, 0.25) is 6.41 Å². The first-order valence-corrected chi connectivity index (χ1v) is 18.9. The van der Waals surface area contributed by atoms with Gasteiger partial charge in [0.05, 0.1) is 0 Å². The molecule has 4 heteroatoms. The summed E-state index contributed by atoms with van der Waals surface area (Å²) in [5, 5.41) is 4.04. The predicted octanol–water partition coefficient (Wildman–Crippen LogP) is 9.90. The van der Waals surface area contributed by atoms with Crippen LogP contribution in [0.4, 0.5) is 0 Å². The van der Waals surface area contributed by atoms with E-state index < -0.39 is 0 Å². The third-order valence-corrected chi connectivity index (χ3v) is 15.1. The van der Waals surface area contributed by atoms with Gasteiger partial charge in [-0.1, -0.05) is 67.7 Å². The molecule has 1 amide bonds. The Bertz CT molecular complexity index is 818. The zero-order valence-electron chi connectivity index (χ0n) is 28.4. The van der Waals surface area contributed by atoms with Crippen molar-refractivity contribution in [1.29, 1.82) is 0 Å². The lowest BCUT2D eigenvalue weighted by Gasteiger charge is -2.63. The van der Waals surface area contributed by atoms with Crippen LogP contribution in [0.15, 0.2) is 0 Å². The van der Waals surface area contributed by atoms with E-state index in [2.05, 4.69) is 65.6 Å². The molecule has 0 aromatic heterocycles. The van der Waals surface area contributed by atoms with E-state index in [4.69, 9.17) is 0 Å². The van der Waals surface area contributed by atoms with Crippen LogP contribution in [0.3, 0.4) is 0 Å². The third kappa shape index (κ3) is 7.20. The summed E-state index contributed by atoms with van der Waals surface area (Å²) in [5.74, 6) is 7.95. The Morgan fingerprint density at radius 1 is 0.902 bits per heavy atom. The topological polar surface area (TPSA) is 41.1 Å². The van der Waals surface area contributed by atoms with E-state index in [0.29, 0.717) is 21.5 Å². The van der Waals surface area contributed by atoms with Crippen LogP contribution in [0.5, 0.6) is 0 Å². The first-order chi connectivity index (χ1) is 19.5. The monoisotopic (exact) mass is 589 g/mol. The van der Waals surface area contributed by atoms with Crippen molar-refractivity contribution in [1.82, 2.24) is 10.0 Å². The number of rotatable bonds is 8. The molecule has 0 bridgehead atoms. The van der Waals surface area contributed by atoms with Gasteiger partial charge in [-0.3, -0.25) is 4.79 Å². The number of hydrogen-bond acceptors (Lipinski definition) is 3.